The molecule has 0 saturated carbocycles. The number of amides is 2. The molecule has 1 N–H and O–H groups in total. The first kappa shape index (κ1) is 20.0. The topological polar surface area (TPSA) is 65.1 Å². The number of ether oxygens (including phenoxy) is 1. The Morgan fingerprint density at radius 2 is 1.61 bits per heavy atom. The zero-order valence-electron chi connectivity index (χ0n) is 18.0. The molecule has 2 saturated heterocycles. The van der Waals surface area contributed by atoms with Gasteiger partial charge in [0.1, 0.15) is 6.10 Å². The van der Waals surface area contributed by atoms with Gasteiger partial charge in [-0.3, -0.25) is 9.59 Å². The molecule has 3 aliphatic heterocycles. The lowest BCUT2D eigenvalue weighted by Crippen LogP contribution is -2.54. The van der Waals surface area contributed by atoms with E-state index in [2.05, 4.69) is 35.6 Å². The summed E-state index contributed by atoms with van der Waals surface area (Å²) in [7, 11) is 2.03. The van der Waals surface area contributed by atoms with Gasteiger partial charge in [0.15, 0.2) is 0 Å². The van der Waals surface area contributed by atoms with E-state index in [1.165, 1.54) is 11.3 Å². The van der Waals surface area contributed by atoms with Crippen LogP contribution >= 0.6 is 0 Å². The van der Waals surface area contributed by atoms with Crippen LogP contribution in [-0.4, -0.2) is 67.6 Å². The molecule has 2 aromatic carbocycles. The second-order valence-corrected chi connectivity index (χ2v) is 8.53. The molecule has 0 bridgehead atoms. The number of hydrogen-bond donors (Lipinski definition) is 1. The fraction of sp³-hybridized carbons (Fsp3) is 0.417. The van der Waals surface area contributed by atoms with Crippen LogP contribution in [-0.2, 0) is 9.53 Å². The molecule has 7 nitrogen and oxygen atoms in total. The van der Waals surface area contributed by atoms with Crippen molar-refractivity contribution in [3.63, 3.8) is 0 Å². The minimum atomic E-state index is -0.270. The Bertz CT molecular complexity index is 994. The summed E-state index contributed by atoms with van der Waals surface area (Å²) in [5, 5.41) is 2.05. The van der Waals surface area contributed by atoms with E-state index < -0.39 is 0 Å². The molecule has 31 heavy (non-hydrogen) atoms. The zero-order chi connectivity index (χ0) is 21.5. The highest BCUT2D eigenvalue weighted by atomic mass is 16.5. The predicted molar refractivity (Wildman–Crippen MR) is 119 cm³/mol. The number of carbonyl (C=O) groups excluding carboxylic acids is 2. The molecule has 7 heteroatoms. The molecule has 2 fully saturated rings. The molecular weight excluding hydrogens is 392 g/mol. The van der Waals surface area contributed by atoms with E-state index in [4.69, 9.17) is 4.74 Å². The number of hydrogen-bond acceptors (Lipinski definition) is 5. The van der Waals surface area contributed by atoms with Crippen LogP contribution in [0.3, 0.4) is 0 Å². The lowest BCUT2D eigenvalue weighted by molar-refractivity contribution is -0.157. The Kier molecular flexibility index (Phi) is 5.16. The summed E-state index contributed by atoms with van der Waals surface area (Å²) in [6.45, 7) is 5.07. The standard InChI is InChI=1S/C24H28N4O3/c1-16-20-15-19(7-8-21(20)26(2)25-16)17-3-5-18(6-4-17)23(29)27-10-12-28(13-11-27)24(30)22-9-14-31-22/h3-8,15-16,22,25H,9-14H2,1-2H3. The van der Waals surface area contributed by atoms with Crippen molar-refractivity contribution in [3.05, 3.63) is 53.6 Å². The molecule has 162 valence electrons. The molecule has 2 aromatic rings. The van der Waals surface area contributed by atoms with Gasteiger partial charge in [-0.05, 0) is 47.9 Å². The molecule has 0 radical (unpaired) electrons. The molecule has 2 unspecified atom stereocenters. The van der Waals surface area contributed by atoms with Crippen LogP contribution in [0.25, 0.3) is 11.1 Å². The quantitative estimate of drug-likeness (QED) is 0.826. The Hall–Kier alpha value is -2.90. The zero-order valence-corrected chi connectivity index (χ0v) is 18.0. The van der Waals surface area contributed by atoms with E-state index in [1.807, 2.05) is 41.1 Å². The molecular formula is C24H28N4O3. The van der Waals surface area contributed by atoms with Gasteiger partial charge in [0.05, 0.1) is 18.3 Å². The smallest absolute Gasteiger partial charge is 0.253 e. The fourth-order valence-corrected chi connectivity index (χ4v) is 4.57. The first-order chi connectivity index (χ1) is 15.0. The van der Waals surface area contributed by atoms with Gasteiger partial charge in [-0.25, -0.2) is 5.43 Å². The van der Waals surface area contributed by atoms with Crippen molar-refractivity contribution in [1.82, 2.24) is 15.2 Å². The van der Waals surface area contributed by atoms with Gasteiger partial charge in [-0.2, -0.15) is 0 Å². The van der Waals surface area contributed by atoms with E-state index >= 15 is 0 Å². The number of fused-ring (bicyclic) bond motifs is 1. The van der Waals surface area contributed by atoms with Crippen molar-refractivity contribution in [3.8, 4) is 11.1 Å². The van der Waals surface area contributed by atoms with Crippen LogP contribution < -0.4 is 10.4 Å². The summed E-state index contributed by atoms with van der Waals surface area (Å²) < 4.78 is 5.29. The summed E-state index contributed by atoms with van der Waals surface area (Å²) in [6, 6.07) is 14.6. The highest BCUT2D eigenvalue weighted by molar-refractivity contribution is 5.95. The number of benzene rings is 2. The molecule has 5 rings (SSSR count). The van der Waals surface area contributed by atoms with Crippen molar-refractivity contribution >= 4 is 17.5 Å². The molecule has 0 aromatic heterocycles. The molecule has 3 heterocycles. The maximum absolute atomic E-state index is 12.9. The number of nitrogens with zero attached hydrogens (tertiary/aromatic N) is 3. The summed E-state index contributed by atoms with van der Waals surface area (Å²) >= 11 is 0. The average Bonchev–Trinajstić information content (AvgIpc) is 3.05. The van der Waals surface area contributed by atoms with E-state index in [9.17, 15) is 9.59 Å². The van der Waals surface area contributed by atoms with Gasteiger partial charge in [0.25, 0.3) is 11.8 Å². The summed E-state index contributed by atoms with van der Waals surface area (Å²) in [5.41, 5.74) is 8.79. The van der Waals surface area contributed by atoms with Crippen molar-refractivity contribution < 1.29 is 14.3 Å². The Morgan fingerprint density at radius 1 is 0.968 bits per heavy atom. The van der Waals surface area contributed by atoms with Gasteiger partial charge in [-0.1, -0.05) is 18.2 Å². The number of hydrazine groups is 1. The third kappa shape index (κ3) is 3.68. The van der Waals surface area contributed by atoms with Gasteiger partial charge >= 0.3 is 0 Å². The number of piperazine rings is 1. The third-order valence-electron chi connectivity index (χ3n) is 6.56. The fourth-order valence-electron chi connectivity index (χ4n) is 4.57. The van der Waals surface area contributed by atoms with Gasteiger partial charge in [0.2, 0.25) is 0 Å². The lowest BCUT2D eigenvalue weighted by atomic mass is 9.98. The van der Waals surface area contributed by atoms with Gasteiger partial charge in [-0.15, -0.1) is 0 Å². The molecule has 2 atom stereocenters. The summed E-state index contributed by atoms with van der Waals surface area (Å²) in [6.07, 6.45) is 0.536. The maximum Gasteiger partial charge on any atom is 0.253 e. The Morgan fingerprint density at radius 3 is 2.26 bits per heavy atom. The highest BCUT2D eigenvalue weighted by Crippen LogP contribution is 2.35. The van der Waals surface area contributed by atoms with Crippen molar-refractivity contribution in [1.29, 1.82) is 0 Å². The van der Waals surface area contributed by atoms with Crippen molar-refractivity contribution in [2.24, 2.45) is 0 Å². The van der Waals surface area contributed by atoms with Crippen molar-refractivity contribution in [2.45, 2.75) is 25.5 Å². The van der Waals surface area contributed by atoms with Crippen LogP contribution in [0.4, 0.5) is 5.69 Å². The minimum Gasteiger partial charge on any atom is -0.368 e. The first-order valence-corrected chi connectivity index (χ1v) is 11.0. The number of carbonyl (C=O) groups is 2. The van der Waals surface area contributed by atoms with Crippen molar-refractivity contribution in [2.75, 3.05) is 44.8 Å². The summed E-state index contributed by atoms with van der Waals surface area (Å²) in [5.74, 6) is 0.0831. The molecule has 3 aliphatic rings. The minimum absolute atomic E-state index is 0.0203. The lowest BCUT2D eigenvalue weighted by Gasteiger charge is -2.38. The van der Waals surface area contributed by atoms with Crippen LogP contribution in [0.1, 0.15) is 35.3 Å². The number of nitrogens with one attached hydrogen (secondary N) is 1. The van der Waals surface area contributed by atoms with Gasteiger partial charge in [0, 0.05) is 45.2 Å². The second-order valence-electron chi connectivity index (χ2n) is 8.53. The van der Waals surface area contributed by atoms with Crippen LogP contribution in [0.15, 0.2) is 42.5 Å². The van der Waals surface area contributed by atoms with Crippen LogP contribution in [0.2, 0.25) is 0 Å². The predicted octanol–water partition coefficient (Wildman–Crippen LogP) is 2.44. The molecule has 0 spiro atoms. The third-order valence-corrected chi connectivity index (χ3v) is 6.56. The van der Waals surface area contributed by atoms with Gasteiger partial charge < -0.3 is 19.5 Å². The maximum atomic E-state index is 12.9. The molecule has 0 aliphatic carbocycles. The van der Waals surface area contributed by atoms with E-state index in [0.29, 0.717) is 38.3 Å². The van der Waals surface area contributed by atoms with E-state index in [1.54, 1.807) is 0 Å². The number of rotatable bonds is 3. The summed E-state index contributed by atoms with van der Waals surface area (Å²) in [4.78, 5) is 28.9. The average molecular weight is 421 g/mol. The number of anilines is 1. The molecule has 2 amide bonds. The van der Waals surface area contributed by atoms with Crippen LogP contribution in [0.5, 0.6) is 0 Å². The first-order valence-electron chi connectivity index (χ1n) is 11.0. The second kappa shape index (κ2) is 7.98. The Balaban J connectivity index is 1.24. The SMILES string of the molecule is CC1NN(C)c2ccc(-c3ccc(C(=O)N4CCN(C(=O)C5CCO5)CC4)cc3)cc21. The van der Waals surface area contributed by atoms with E-state index in [0.717, 1.165) is 17.5 Å². The monoisotopic (exact) mass is 420 g/mol. The normalized spacial score (nSPS) is 22.8. The Labute approximate surface area is 182 Å². The van der Waals surface area contributed by atoms with Crippen LogP contribution in [0, 0.1) is 0 Å². The largest absolute Gasteiger partial charge is 0.368 e. The highest BCUT2D eigenvalue weighted by Gasteiger charge is 2.33. The van der Waals surface area contributed by atoms with E-state index in [-0.39, 0.29) is 24.0 Å².